The van der Waals surface area contributed by atoms with Crippen molar-refractivity contribution >= 4 is 5.97 Å². The Labute approximate surface area is 74.9 Å². The molecule has 0 aromatic heterocycles. The lowest BCUT2D eigenvalue weighted by Crippen LogP contribution is -2.50. The molecule has 5 heteroatoms. The van der Waals surface area contributed by atoms with Crippen molar-refractivity contribution in [3.63, 3.8) is 0 Å². The van der Waals surface area contributed by atoms with Crippen molar-refractivity contribution in [3.05, 3.63) is 0 Å². The Morgan fingerprint density at radius 1 is 1.46 bits per heavy atom. The number of aliphatic hydroxyl groups is 3. The predicted molar refractivity (Wildman–Crippen MR) is 40.6 cm³/mol. The van der Waals surface area contributed by atoms with E-state index in [4.69, 9.17) is 0 Å². The topological polar surface area (TPSA) is 87.0 Å². The van der Waals surface area contributed by atoms with Crippen LogP contribution in [0.4, 0.5) is 0 Å². The highest BCUT2D eigenvalue weighted by Crippen LogP contribution is 2.68. The van der Waals surface area contributed by atoms with E-state index in [-0.39, 0.29) is 6.61 Å². The van der Waals surface area contributed by atoms with Gasteiger partial charge in [0, 0.05) is 5.41 Å². The number of carbonyl (C=O) groups excluding carboxylic acids is 1. The fourth-order valence-electron chi connectivity index (χ4n) is 2.31. The average molecular weight is 188 g/mol. The third-order valence-corrected chi connectivity index (χ3v) is 3.50. The van der Waals surface area contributed by atoms with Crippen LogP contribution in [0.3, 0.4) is 0 Å². The largest absolute Gasteiger partial charge is 0.461 e. The molecular weight excluding hydrogens is 176 g/mol. The second kappa shape index (κ2) is 1.89. The fourth-order valence-corrected chi connectivity index (χ4v) is 2.31. The fraction of sp³-hybridized carbons (Fsp3) is 0.875. The maximum atomic E-state index is 11.2. The summed E-state index contributed by atoms with van der Waals surface area (Å²) in [6, 6.07) is 0. The van der Waals surface area contributed by atoms with Gasteiger partial charge in [0.05, 0.1) is 0 Å². The Bertz CT molecular complexity index is 286. The summed E-state index contributed by atoms with van der Waals surface area (Å²) < 4.78 is 4.55. The zero-order chi connectivity index (χ0) is 10.1. The minimum absolute atomic E-state index is 0.263. The van der Waals surface area contributed by atoms with Crippen LogP contribution in [0.5, 0.6) is 0 Å². The molecule has 0 aromatic carbocycles. The van der Waals surface area contributed by atoms with E-state index < -0.39 is 28.7 Å². The molecule has 74 valence electrons. The first-order valence-corrected chi connectivity index (χ1v) is 4.10. The normalized spacial score (nSPS) is 52.4. The van der Waals surface area contributed by atoms with Crippen molar-refractivity contribution < 1.29 is 24.9 Å². The van der Waals surface area contributed by atoms with Crippen LogP contribution in [0.15, 0.2) is 0 Å². The Morgan fingerprint density at radius 3 is 2.46 bits per heavy atom. The van der Waals surface area contributed by atoms with Gasteiger partial charge >= 0.3 is 5.97 Å². The Balaban J connectivity index is 2.48. The van der Waals surface area contributed by atoms with Gasteiger partial charge in [-0.3, -0.25) is 0 Å². The van der Waals surface area contributed by atoms with Gasteiger partial charge in [-0.2, -0.15) is 0 Å². The lowest BCUT2D eigenvalue weighted by atomic mass is 10.0. The molecule has 1 aliphatic heterocycles. The minimum Gasteiger partial charge on any atom is -0.461 e. The molecule has 2 rings (SSSR count). The molecule has 13 heavy (non-hydrogen) atoms. The zero-order valence-electron chi connectivity index (χ0n) is 7.44. The molecule has 0 amide bonds. The zero-order valence-corrected chi connectivity index (χ0v) is 7.44. The number of hydrogen-bond donors (Lipinski definition) is 3. The van der Waals surface area contributed by atoms with Gasteiger partial charge in [0.2, 0.25) is 5.60 Å². The third-order valence-electron chi connectivity index (χ3n) is 3.50. The maximum Gasteiger partial charge on any atom is 0.342 e. The summed E-state index contributed by atoms with van der Waals surface area (Å²) in [5.74, 6) is -0.856. The van der Waals surface area contributed by atoms with Gasteiger partial charge in [-0.1, -0.05) is 13.8 Å². The average Bonchev–Trinajstić information content (AvgIpc) is 2.42. The second-order valence-corrected chi connectivity index (χ2v) is 4.22. The quantitative estimate of drug-likeness (QED) is 0.399. The predicted octanol–water partition coefficient (Wildman–Crippen LogP) is -1.59. The van der Waals surface area contributed by atoms with Crippen LogP contribution in [0.1, 0.15) is 13.8 Å². The van der Waals surface area contributed by atoms with Crippen LogP contribution in [0, 0.1) is 5.41 Å². The van der Waals surface area contributed by atoms with Gasteiger partial charge in [0.15, 0.2) is 0 Å². The molecule has 1 aliphatic carbocycles. The van der Waals surface area contributed by atoms with Crippen molar-refractivity contribution in [2.45, 2.75) is 31.2 Å². The van der Waals surface area contributed by atoms with E-state index >= 15 is 0 Å². The van der Waals surface area contributed by atoms with Gasteiger partial charge in [-0.15, -0.1) is 0 Å². The summed E-state index contributed by atoms with van der Waals surface area (Å²) in [5.41, 5.74) is -4.75. The van der Waals surface area contributed by atoms with Crippen molar-refractivity contribution in [2.75, 3.05) is 6.61 Å². The van der Waals surface area contributed by atoms with Gasteiger partial charge in [0.1, 0.15) is 18.3 Å². The van der Waals surface area contributed by atoms with Crippen LogP contribution in [-0.4, -0.2) is 45.2 Å². The monoisotopic (exact) mass is 188 g/mol. The number of hydrogen-bond acceptors (Lipinski definition) is 5. The van der Waals surface area contributed by atoms with E-state index in [1.807, 2.05) is 0 Å². The molecule has 1 heterocycles. The SMILES string of the molecule is CC1(C)[C@]2(O)C(=O)OC[C@H](O)[C@]12O. The van der Waals surface area contributed by atoms with Gasteiger partial charge < -0.3 is 20.1 Å². The van der Waals surface area contributed by atoms with E-state index in [0.717, 1.165) is 0 Å². The Kier molecular flexibility index (Phi) is 1.30. The van der Waals surface area contributed by atoms with Gasteiger partial charge in [-0.05, 0) is 0 Å². The van der Waals surface area contributed by atoms with Crippen molar-refractivity contribution in [1.29, 1.82) is 0 Å². The third kappa shape index (κ3) is 0.580. The Hall–Kier alpha value is -0.650. The highest BCUT2D eigenvalue weighted by atomic mass is 16.6. The standard InChI is InChI=1S/C8H12O5/c1-6(2)7(11)4(9)3-13-5(10)8(6,7)12/h4,9,11-12H,3H2,1-2H3/t4-,7-,8+/m0/s1. The summed E-state index contributed by atoms with van der Waals surface area (Å²) in [7, 11) is 0. The summed E-state index contributed by atoms with van der Waals surface area (Å²) >= 11 is 0. The maximum absolute atomic E-state index is 11.2. The van der Waals surface area contributed by atoms with E-state index in [1.54, 1.807) is 0 Å². The van der Waals surface area contributed by atoms with Crippen LogP contribution in [0.2, 0.25) is 0 Å². The lowest BCUT2D eigenvalue weighted by molar-refractivity contribution is -0.185. The first-order chi connectivity index (χ1) is 5.80. The summed E-state index contributed by atoms with van der Waals surface area (Å²) in [6.45, 7) is 2.77. The van der Waals surface area contributed by atoms with E-state index in [0.29, 0.717) is 0 Å². The molecule has 0 unspecified atom stereocenters. The van der Waals surface area contributed by atoms with Gasteiger partial charge in [0.25, 0.3) is 0 Å². The van der Waals surface area contributed by atoms with Crippen LogP contribution < -0.4 is 0 Å². The molecule has 5 nitrogen and oxygen atoms in total. The molecule has 2 aliphatic rings. The Morgan fingerprint density at radius 2 is 2.00 bits per heavy atom. The number of fused-ring (bicyclic) bond motifs is 1. The molecular formula is C8H12O5. The van der Waals surface area contributed by atoms with E-state index in [2.05, 4.69) is 4.74 Å². The smallest absolute Gasteiger partial charge is 0.342 e. The number of rotatable bonds is 0. The molecule has 0 radical (unpaired) electrons. The van der Waals surface area contributed by atoms with Crippen LogP contribution in [0.25, 0.3) is 0 Å². The highest BCUT2D eigenvalue weighted by Gasteiger charge is 2.91. The second-order valence-electron chi connectivity index (χ2n) is 4.22. The van der Waals surface area contributed by atoms with Crippen LogP contribution in [-0.2, 0) is 9.53 Å². The summed E-state index contributed by atoms with van der Waals surface area (Å²) in [4.78, 5) is 11.2. The number of aliphatic hydroxyl groups excluding tert-OH is 1. The van der Waals surface area contributed by atoms with Crippen LogP contribution >= 0.6 is 0 Å². The first kappa shape index (κ1) is 8.93. The van der Waals surface area contributed by atoms with E-state index in [9.17, 15) is 20.1 Å². The number of ether oxygens (including phenoxy) is 1. The molecule has 3 N–H and O–H groups in total. The first-order valence-electron chi connectivity index (χ1n) is 4.10. The number of carbonyl (C=O) groups is 1. The molecule has 0 spiro atoms. The summed E-state index contributed by atoms with van der Waals surface area (Å²) in [6.07, 6.45) is -1.22. The van der Waals surface area contributed by atoms with Crippen molar-refractivity contribution in [3.8, 4) is 0 Å². The lowest BCUT2D eigenvalue weighted by Gasteiger charge is -2.25. The molecule has 1 saturated heterocycles. The van der Waals surface area contributed by atoms with Crippen molar-refractivity contribution in [2.24, 2.45) is 5.41 Å². The molecule has 0 bridgehead atoms. The van der Waals surface area contributed by atoms with E-state index in [1.165, 1.54) is 13.8 Å². The number of esters is 1. The van der Waals surface area contributed by atoms with Crippen molar-refractivity contribution in [1.82, 2.24) is 0 Å². The highest BCUT2D eigenvalue weighted by molar-refractivity contribution is 5.89. The molecule has 2 fully saturated rings. The molecule has 1 saturated carbocycles. The minimum atomic E-state index is -1.95. The molecule has 3 atom stereocenters. The summed E-state index contributed by atoms with van der Waals surface area (Å²) in [5, 5.41) is 29.1. The van der Waals surface area contributed by atoms with Gasteiger partial charge in [-0.25, -0.2) is 4.79 Å². The number of cyclic esters (lactones) is 1. The molecule has 0 aromatic rings.